The quantitative estimate of drug-likeness (QED) is 0.628. The molecule has 0 bridgehead atoms. The maximum atomic E-state index is 10.2. The van der Waals surface area contributed by atoms with Crippen LogP contribution < -0.4 is 4.80 Å². The molecule has 0 saturated carbocycles. The second-order valence-electron chi connectivity index (χ2n) is 6.94. The fraction of sp³-hybridized carbons (Fsp3) is 0.273. The van der Waals surface area contributed by atoms with Gasteiger partial charge in [0.1, 0.15) is 5.75 Å². The molecule has 0 amide bonds. The summed E-state index contributed by atoms with van der Waals surface area (Å²) in [6, 6.07) is 13.9. The van der Waals surface area contributed by atoms with Crippen LogP contribution in [0.15, 0.2) is 57.9 Å². The Labute approximate surface area is 164 Å². The van der Waals surface area contributed by atoms with Crippen LogP contribution in [0, 0.1) is 13.8 Å². The summed E-state index contributed by atoms with van der Waals surface area (Å²) in [5.74, 6) is 0.227. The zero-order chi connectivity index (χ0) is 19.6. The third kappa shape index (κ3) is 4.19. The molecule has 2 aromatic carbocycles. The van der Waals surface area contributed by atoms with Gasteiger partial charge in [-0.05, 0) is 63.9 Å². The van der Waals surface area contributed by atoms with Crippen LogP contribution in [0.25, 0.3) is 11.3 Å². The van der Waals surface area contributed by atoms with E-state index in [2.05, 4.69) is 51.3 Å². The SMILES string of the molecule is CC(=Nn1c(-c2ccc(C)c(C)c2)csc1=NC(C)C)c1ccccc1O. The third-order valence-corrected chi connectivity index (χ3v) is 5.23. The molecule has 140 valence electrons. The molecule has 0 fully saturated rings. The average molecular weight is 380 g/mol. The number of hydrogen-bond acceptors (Lipinski definition) is 4. The molecule has 0 aliphatic rings. The standard InChI is InChI=1S/C22H25N3OS/c1-14(2)23-22-25(24-17(5)19-8-6-7-9-21(19)26)20(13-27-22)18-11-10-15(3)16(4)12-18/h6-14,26H,1-5H3. The lowest BCUT2D eigenvalue weighted by Crippen LogP contribution is -2.16. The molecule has 3 rings (SSSR count). The summed E-state index contributed by atoms with van der Waals surface area (Å²) >= 11 is 1.58. The number of benzene rings is 2. The molecule has 0 spiro atoms. The fourth-order valence-corrected chi connectivity index (χ4v) is 3.75. The zero-order valence-electron chi connectivity index (χ0n) is 16.4. The lowest BCUT2D eigenvalue weighted by atomic mass is 10.1. The van der Waals surface area contributed by atoms with Crippen LogP contribution in [0.3, 0.4) is 0 Å². The molecule has 1 aromatic heterocycles. The average Bonchev–Trinajstić information content (AvgIpc) is 2.99. The first-order valence-electron chi connectivity index (χ1n) is 9.02. The summed E-state index contributed by atoms with van der Waals surface area (Å²) in [6.45, 7) is 10.2. The van der Waals surface area contributed by atoms with Gasteiger partial charge in [0.05, 0.1) is 11.4 Å². The van der Waals surface area contributed by atoms with Crippen LogP contribution in [0.1, 0.15) is 37.5 Å². The van der Waals surface area contributed by atoms with E-state index in [0.717, 1.165) is 27.3 Å². The van der Waals surface area contributed by atoms with Crippen LogP contribution in [0.4, 0.5) is 0 Å². The highest BCUT2D eigenvalue weighted by molar-refractivity contribution is 7.07. The van der Waals surface area contributed by atoms with E-state index in [0.29, 0.717) is 0 Å². The van der Waals surface area contributed by atoms with Gasteiger partial charge in [-0.3, -0.25) is 4.99 Å². The Morgan fingerprint density at radius 1 is 1.07 bits per heavy atom. The summed E-state index contributed by atoms with van der Waals surface area (Å²) in [5, 5.41) is 17.1. The van der Waals surface area contributed by atoms with E-state index < -0.39 is 0 Å². The Balaban J connectivity index is 2.20. The van der Waals surface area contributed by atoms with Gasteiger partial charge in [-0.25, -0.2) is 4.68 Å². The second kappa shape index (κ2) is 7.92. The molecule has 0 unspecified atom stereocenters. The maximum Gasteiger partial charge on any atom is 0.206 e. The number of aryl methyl sites for hydroxylation is 2. The normalized spacial score (nSPS) is 12.8. The highest BCUT2D eigenvalue weighted by atomic mass is 32.1. The van der Waals surface area contributed by atoms with Gasteiger partial charge in [-0.2, -0.15) is 5.10 Å². The van der Waals surface area contributed by atoms with Crippen LogP contribution in [0.5, 0.6) is 5.75 Å². The van der Waals surface area contributed by atoms with Crippen LogP contribution in [-0.2, 0) is 0 Å². The van der Waals surface area contributed by atoms with Crippen LogP contribution >= 0.6 is 11.3 Å². The second-order valence-corrected chi connectivity index (χ2v) is 7.78. The molecule has 1 heterocycles. The Hall–Kier alpha value is -2.66. The monoisotopic (exact) mass is 379 g/mol. The van der Waals surface area contributed by atoms with E-state index in [1.165, 1.54) is 11.1 Å². The maximum absolute atomic E-state index is 10.2. The number of phenolic OH excluding ortho intramolecular Hbond substituents is 1. The molecule has 0 radical (unpaired) electrons. The minimum Gasteiger partial charge on any atom is -0.507 e. The number of hydrogen-bond donors (Lipinski definition) is 1. The predicted octanol–water partition coefficient (Wildman–Crippen LogP) is 5.12. The van der Waals surface area contributed by atoms with Gasteiger partial charge in [0.15, 0.2) is 0 Å². The predicted molar refractivity (Wildman–Crippen MR) is 114 cm³/mol. The molecule has 4 nitrogen and oxygen atoms in total. The van der Waals surface area contributed by atoms with E-state index in [1.54, 1.807) is 17.4 Å². The lowest BCUT2D eigenvalue weighted by molar-refractivity contribution is 0.474. The van der Waals surface area contributed by atoms with Crippen molar-refractivity contribution in [1.29, 1.82) is 0 Å². The number of phenols is 1. The molecule has 0 saturated heterocycles. The Morgan fingerprint density at radius 2 is 1.81 bits per heavy atom. The van der Waals surface area contributed by atoms with Gasteiger partial charge < -0.3 is 5.11 Å². The molecule has 0 atom stereocenters. The first-order valence-corrected chi connectivity index (χ1v) is 9.90. The first kappa shape index (κ1) is 19.1. The summed E-state index contributed by atoms with van der Waals surface area (Å²) in [4.78, 5) is 5.57. The van der Waals surface area contributed by atoms with Crippen LogP contribution in [0.2, 0.25) is 0 Å². The minimum absolute atomic E-state index is 0.170. The molecule has 0 aliphatic carbocycles. The van der Waals surface area contributed by atoms with E-state index >= 15 is 0 Å². The molecular formula is C22H25N3OS. The third-order valence-electron chi connectivity index (χ3n) is 4.40. The largest absolute Gasteiger partial charge is 0.507 e. The topological polar surface area (TPSA) is 49.9 Å². The summed E-state index contributed by atoms with van der Waals surface area (Å²) in [7, 11) is 0. The highest BCUT2D eigenvalue weighted by Crippen LogP contribution is 2.24. The zero-order valence-corrected chi connectivity index (χ0v) is 17.2. The number of thiazole rings is 1. The molecular weight excluding hydrogens is 354 g/mol. The van der Waals surface area contributed by atoms with Crippen molar-refractivity contribution in [3.05, 3.63) is 69.3 Å². The van der Waals surface area contributed by atoms with Crippen molar-refractivity contribution in [3.63, 3.8) is 0 Å². The van der Waals surface area contributed by atoms with Crippen molar-refractivity contribution in [2.45, 2.75) is 40.7 Å². The number of aromatic nitrogens is 1. The number of aromatic hydroxyl groups is 1. The number of para-hydroxylation sites is 1. The van der Waals surface area contributed by atoms with Gasteiger partial charge in [0.25, 0.3) is 0 Å². The summed E-state index contributed by atoms with van der Waals surface area (Å²) in [6.07, 6.45) is 0. The summed E-state index contributed by atoms with van der Waals surface area (Å²) in [5.41, 5.74) is 6.07. The smallest absolute Gasteiger partial charge is 0.206 e. The van der Waals surface area contributed by atoms with Crippen molar-refractivity contribution in [1.82, 2.24) is 4.68 Å². The molecule has 0 aliphatic heterocycles. The van der Waals surface area contributed by atoms with Gasteiger partial charge in [0.2, 0.25) is 4.80 Å². The molecule has 5 heteroatoms. The van der Waals surface area contributed by atoms with E-state index in [4.69, 9.17) is 10.1 Å². The molecule has 1 N–H and O–H groups in total. The highest BCUT2D eigenvalue weighted by Gasteiger charge is 2.11. The van der Waals surface area contributed by atoms with Crippen molar-refractivity contribution in [3.8, 4) is 17.0 Å². The van der Waals surface area contributed by atoms with E-state index in [-0.39, 0.29) is 11.8 Å². The van der Waals surface area contributed by atoms with Crippen molar-refractivity contribution in [2.24, 2.45) is 10.1 Å². The Kier molecular flexibility index (Phi) is 5.61. The van der Waals surface area contributed by atoms with Crippen molar-refractivity contribution < 1.29 is 5.11 Å². The van der Waals surface area contributed by atoms with Gasteiger partial charge >= 0.3 is 0 Å². The van der Waals surface area contributed by atoms with Crippen molar-refractivity contribution in [2.75, 3.05) is 0 Å². The van der Waals surface area contributed by atoms with Gasteiger partial charge in [0, 0.05) is 22.5 Å². The number of nitrogens with zero attached hydrogens (tertiary/aromatic N) is 3. The summed E-state index contributed by atoms with van der Waals surface area (Å²) < 4.78 is 1.89. The van der Waals surface area contributed by atoms with E-state index in [1.807, 2.05) is 29.8 Å². The Bertz CT molecular complexity index is 1060. The fourth-order valence-electron chi connectivity index (χ4n) is 2.79. The number of rotatable bonds is 4. The molecule has 3 aromatic rings. The Morgan fingerprint density at radius 3 is 2.48 bits per heavy atom. The minimum atomic E-state index is 0.170. The van der Waals surface area contributed by atoms with Gasteiger partial charge in [-0.15, -0.1) is 11.3 Å². The van der Waals surface area contributed by atoms with Gasteiger partial charge in [-0.1, -0.05) is 24.3 Å². The first-order chi connectivity index (χ1) is 12.9. The van der Waals surface area contributed by atoms with E-state index in [9.17, 15) is 5.11 Å². The van der Waals surface area contributed by atoms with Crippen LogP contribution in [-0.4, -0.2) is 21.5 Å². The lowest BCUT2D eigenvalue weighted by Gasteiger charge is -2.09. The van der Waals surface area contributed by atoms with Crippen molar-refractivity contribution >= 4 is 17.0 Å². The molecule has 27 heavy (non-hydrogen) atoms.